The van der Waals surface area contributed by atoms with Crippen LogP contribution >= 0.6 is 11.8 Å². The van der Waals surface area contributed by atoms with Crippen LogP contribution in [-0.2, 0) is 17.3 Å². The number of amides is 1. The quantitative estimate of drug-likeness (QED) is 0.519. The Morgan fingerprint density at radius 1 is 1.07 bits per heavy atom. The first-order valence-corrected chi connectivity index (χ1v) is 11.1. The summed E-state index contributed by atoms with van der Waals surface area (Å²) >= 11 is 1.42. The minimum atomic E-state index is 0.0238. The van der Waals surface area contributed by atoms with Gasteiger partial charge in [0.15, 0.2) is 11.0 Å². The van der Waals surface area contributed by atoms with Gasteiger partial charge in [-0.05, 0) is 23.5 Å². The Bertz CT molecular complexity index is 990. The Balaban J connectivity index is 1.66. The van der Waals surface area contributed by atoms with Crippen LogP contribution in [0.1, 0.15) is 44.9 Å². The predicted octanol–water partition coefficient (Wildman–Crippen LogP) is 5.09. The highest BCUT2D eigenvalue weighted by Crippen LogP contribution is 2.27. The highest BCUT2D eigenvalue weighted by molar-refractivity contribution is 7.99. The molecule has 0 spiro atoms. The van der Waals surface area contributed by atoms with Crippen LogP contribution in [0, 0.1) is 0 Å². The molecule has 0 unspecified atom stereocenters. The highest BCUT2D eigenvalue weighted by atomic mass is 32.2. The van der Waals surface area contributed by atoms with E-state index in [-0.39, 0.29) is 17.4 Å². The van der Waals surface area contributed by atoms with Crippen LogP contribution in [-0.4, -0.2) is 38.4 Å². The second-order valence-corrected chi connectivity index (χ2v) is 9.52. The molecule has 3 rings (SSSR count). The van der Waals surface area contributed by atoms with Gasteiger partial charge in [0, 0.05) is 19.7 Å². The van der Waals surface area contributed by atoms with Gasteiger partial charge >= 0.3 is 0 Å². The lowest BCUT2D eigenvalue weighted by molar-refractivity contribution is -0.128. The lowest BCUT2D eigenvalue weighted by atomic mass is 9.87. The zero-order chi connectivity index (χ0) is 21.9. The van der Waals surface area contributed by atoms with Gasteiger partial charge in [-0.25, -0.2) is 0 Å². The number of hydrogen-bond donors (Lipinski definition) is 0. The van der Waals surface area contributed by atoms with Crippen molar-refractivity contribution in [1.29, 1.82) is 0 Å². The third-order valence-corrected chi connectivity index (χ3v) is 6.43. The zero-order valence-corrected chi connectivity index (χ0v) is 19.4. The smallest absolute Gasteiger partial charge is 0.233 e. The van der Waals surface area contributed by atoms with Crippen LogP contribution < -0.4 is 0 Å². The molecule has 0 radical (unpaired) electrons. The fraction of sp³-hybridized carbons (Fsp3) is 0.375. The summed E-state index contributed by atoms with van der Waals surface area (Å²) < 4.78 is 1.95. The van der Waals surface area contributed by atoms with Crippen molar-refractivity contribution in [1.82, 2.24) is 19.7 Å². The first-order chi connectivity index (χ1) is 14.2. The summed E-state index contributed by atoms with van der Waals surface area (Å²) in [6.07, 6.45) is 0. The summed E-state index contributed by atoms with van der Waals surface area (Å²) in [5, 5.41) is 9.39. The number of carbonyl (C=O) groups excluding carboxylic acids is 1. The molecule has 0 aliphatic heterocycles. The first kappa shape index (κ1) is 22.1. The highest BCUT2D eigenvalue weighted by Gasteiger charge is 2.20. The van der Waals surface area contributed by atoms with Gasteiger partial charge in [-0.1, -0.05) is 87.1 Å². The summed E-state index contributed by atoms with van der Waals surface area (Å²) in [7, 11) is 3.79. The third-order valence-electron chi connectivity index (χ3n) is 5.43. The van der Waals surface area contributed by atoms with Crippen LogP contribution in [0.3, 0.4) is 0 Å². The minimum absolute atomic E-state index is 0.0238. The molecule has 0 saturated carbocycles. The molecule has 1 amide bonds. The van der Waals surface area contributed by atoms with E-state index >= 15 is 0 Å². The lowest BCUT2D eigenvalue weighted by Gasteiger charge is -2.25. The summed E-state index contributed by atoms with van der Waals surface area (Å²) in [4.78, 5) is 14.5. The number of aromatic nitrogens is 3. The van der Waals surface area contributed by atoms with E-state index in [0.29, 0.717) is 5.75 Å². The van der Waals surface area contributed by atoms with Gasteiger partial charge in [-0.15, -0.1) is 10.2 Å². The predicted molar refractivity (Wildman–Crippen MR) is 123 cm³/mol. The van der Waals surface area contributed by atoms with E-state index in [1.807, 2.05) is 55.9 Å². The number of carbonyl (C=O) groups is 1. The number of rotatable bonds is 6. The lowest BCUT2D eigenvalue weighted by Crippen LogP contribution is -2.31. The number of benzene rings is 2. The molecule has 30 heavy (non-hydrogen) atoms. The second kappa shape index (κ2) is 9.04. The SMILES string of the molecule is C[C@@H](c1ccccc1)N(C)C(=O)CSc1nnc(-c2ccc(C(C)(C)C)cc2)n1C. The van der Waals surface area contributed by atoms with Crippen LogP contribution in [0.25, 0.3) is 11.4 Å². The van der Waals surface area contributed by atoms with E-state index in [2.05, 4.69) is 55.2 Å². The van der Waals surface area contributed by atoms with Crippen molar-refractivity contribution < 1.29 is 4.79 Å². The molecular formula is C24H30N4OS. The van der Waals surface area contributed by atoms with Crippen molar-refractivity contribution in [3.05, 3.63) is 65.7 Å². The maximum Gasteiger partial charge on any atom is 0.233 e. The standard InChI is InChI=1S/C24H30N4OS/c1-17(18-10-8-7-9-11-18)27(5)21(29)16-30-23-26-25-22(28(23)6)19-12-14-20(15-13-19)24(2,3)4/h7-15,17H,16H2,1-6H3/t17-/m0/s1. The van der Waals surface area contributed by atoms with Gasteiger partial charge in [0.2, 0.25) is 5.91 Å². The van der Waals surface area contributed by atoms with Crippen LogP contribution in [0.5, 0.6) is 0 Å². The van der Waals surface area contributed by atoms with E-state index in [1.54, 1.807) is 4.90 Å². The average molecular weight is 423 g/mol. The molecule has 5 nitrogen and oxygen atoms in total. The molecule has 0 bridgehead atoms. The molecule has 158 valence electrons. The molecule has 0 fully saturated rings. The molecule has 2 aromatic carbocycles. The van der Waals surface area contributed by atoms with Crippen molar-refractivity contribution in [2.45, 2.75) is 44.3 Å². The van der Waals surface area contributed by atoms with E-state index in [4.69, 9.17) is 0 Å². The molecule has 6 heteroatoms. The number of thioether (sulfide) groups is 1. The van der Waals surface area contributed by atoms with Gasteiger partial charge in [-0.3, -0.25) is 4.79 Å². The van der Waals surface area contributed by atoms with Crippen molar-refractivity contribution in [3.63, 3.8) is 0 Å². The topological polar surface area (TPSA) is 51.0 Å². The summed E-state index contributed by atoms with van der Waals surface area (Å²) in [5.74, 6) is 1.19. The van der Waals surface area contributed by atoms with Crippen molar-refractivity contribution in [2.75, 3.05) is 12.8 Å². The van der Waals surface area contributed by atoms with Gasteiger partial charge in [0.25, 0.3) is 0 Å². The summed E-state index contributed by atoms with van der Waals surface area (Å²) in [5.41, 5.74) is 3.54. The van der Waals surface area contributed by atoms with E-state index in [9.17, 15) is 4.79 Å². The summed E-state index contributed by atoms with van der Waals surface area (Å²) in [6, 6.07) is 18.5. The Kier molecular flexibility index (Phi) is 6.66. The zero-order valence-electron chi connectivity index (χ0n) is 18.6. The molecule has 1 atom stereocenters. The van der Waals surface area contributed by atoms with Gasteiger partial charge in [0.1, 0.15) is 0 Å². The molecule has 1 heterocycles. The van der Waals surface area contributed by atoms with Crippen LogP contribution in [0.2, 0.25) is 0 Å². The first-order valence-electron chi connectivity index (χ1n) is 10.1. The minimum Gasteiger partial charge on any atom is -0.338 e. The molecule has 1 aromatic heterocycles. The maximum absolute atomic E-state index is 12.7. The Morgan fingerprint density at radius 2 is 1.70 bits per heavy atom. The average Bonchev–Trinajstić information content (AvgIpc) is 3.11. The Hall–Kier alpha value is -2.60. The normalized spacial score (nSPS) is 12.6. The maximum atomic E-state index is 12.7. The molecule has 0 aliphatic carbocycles. The van der Waals surface area contributed by atoms with E-state index in [0.717, 1.165) is 22.1 Å². The van der Waals surface area contributed by atoms with Crippen molar-refractivity contribution in [3.8, 4) is 11.4 Å². The molecule has 3 aromatic rings. The number of nitrogens with zero attached hydrogens (tertiary/aromatic N) is 4. The molecule has 0 N–H and O–H groups in total. The van der Waals surface area contributed by atoms with Gasteiger partial charge in [0.05, 0.1) is 11.8 Å². The van der Waals surface area contributed by atoms with Gasteiger partial charge in [-0.2, -0.15) is 0 Å². The number of hydrogen-bond acceptors (Lipinski definition) is 4. The van der Waals surface area contributed by atoms with Crippen LogP contribution in [0.4, 0.5) is 0 Å². The Labute approximate surface area is 183 Å². The fourth-order valence-corrected chi connectivity index (χ4v) is 4.05. The van der Waals surface area contributed by atoms with Crippen LogP contribution in [0.15, 0.2) is 59.8 Å². The third kappa shape index (κ3) is 4.93. The monoisotopic (exact) mass is 422 g/mol. The van der Waals surface area contributed by atoms with Crippen molar-refractivity contribution >= 4 is 17.7 Å². The van der Waals surface area contributed by atoms with Gasteiger partial charge < -0.3 is 9.47 Å². The molecule has 0 saturated heterocycles. The van der Waals surface area contributed by atoms with E-state index < -0.39 is 0 Å². The molecule has 0 aliphatic rings. The molecular weight excluding hydrogens is 392 g/mol. The largest absolute Gasteiger partial charge is 0.338 e. The van der Waals surface area contributed by atoms with Crippen molar-refractivity contribution in [2.24, 2.45) is 7.05 Å². The second-order valence-electron chi connectivity index (χ2n) is 8.57. The summed E-state index contributed by atoms with van der Waals surface area (Å²) in [6.45, 7) is 8.64. The Morgan fingerprint density at radius 3 is 2.30 bits per heavy atom. The van der Waals surface area contributed by atoms with E-state index in [1.165, 1.54) is 17.3 Å². The fourth-order valence-electron chi connectivity index (χ4n) is 3.21.